The highest BCUT2D eigenvalue weighted by molar-refractivity contribution is 9.10. The molecule has 1 saturated heterocycles. The zero-order chi connectivity index (χ0) is 13.2. The predicted octanol–water partition coefficient (Wildman–Crippen LogP) is 4.77. The number of likely N-dealkylation sites (tertiary alicyclic amines) is 1. The third-order valence-corrected chi connectivity index (χ3v) is 5.72. The van der Waals surface area contributed by atoms with Crippen molar-refractivity contribution in [2.75, 3.05) is 13.1 Å². The lowest BCUT2D eigenvalue weighted by Gasteiger charge is -2.39. The van der Waals surface area contributed by atoms with Gasteiger partial charge in [0.2, 0.25) is 0 Å². The summed E-state index contributed by atoms with van der Waals surface area (Å²) in [5, 5.41) is 0. The van der Waals surface area contributed by atoms with Crippen LogP contribution in [-0.2, 0) is 6.54 Å². The summed E-state index contributed by atoms with van der Waals surface area (Å²) in [6.45, 7) is 10.5. The van der Waals surface area contributed by atoms with Crippen LogP contribution >= 0.6 is 15.9 Å². The van der Waals surface area contributed by atoms with Crippen molar-refractivity contribution in [3.63, 3.8) is 0 Å². The summed E-state index contributed by atoms with van der Waals surface area (Å²) < 4.78 is 1.29. The Kier molecular flexibility index (Phi) is 4.50. The highest BCUT2D eigenvalue weighted by Gasteiger charge is 2.28. The van der Waals surface area contributed by atoms with Crippen molar-refractivity contribution in [3.05, 3.63) is 33.8 Å². The fourth-order valence-corrected chi connectivity index (χ4v) is 3.07. The summed E-state index contributed by atoms with van der Waals surface area (Å²) >= 11 is 3.72. The van der Waals surface area contributed by atoms with Gasteiger partial charge in [0.1, 0.15) is 0 Å². The van der Waals surface area contributed by atoms with Crippen LogP contribution < -0.4 is 0 Å². The van der Waals surface area contributed by atoms with Gasteiger partial charge >= 0.3 is 0 Å². The second-order valence-electron chi connectivity index (χ2n) is 5.99. The maximum atomic E-state index is 3.72. The molecule has 0 atom stereocenters. The number of nitrogens with zero attached hydrogens (tertiary/aromatic N) is 1. The van der Waals surface area contributed by atoms with Crippen molar-refractivity contribution in [3.8, 4) is 0 Å². The van der Waals surface area contributed by atoms with Gasteiger partial charge in [0.25, 0.3) is 0 Å². The molecule has 1 aliphatic heterocycles. The molecule has 0 aliphatic carbocycles. The largest absolute Gasteiger partial charge is 0.299 e. The van der Waals surface area contributed by atoms with E-state index in [-0.39, 0.29) is 0 Å². The molecular formula is C16H24BrN. The third-order valence-electron chi connectivity index (χ3n) is 4.58. The van der Waals surface area contributed by atoms with E-state index < -0.39 is 0 Å². The first-order valence-corrected chi connectivity index (χ1v) is 7.80. The molecule has 100 valence electrons. The second kappa shape index (κ2) is 5.75. The fourth-order valence-electron chi connectivity index (χ4n) is 2.68. The van der Waals surface area contributed by atoms with E-state index in [9.17, 15) is 0 Å². The Balaban J connectivity index is 1.98. The molecule has 0 unspecified atom stereocenters. The number of aryl methyl sites for hydroxylation is 1. The molecule has 0 radical (unpaired) electrons. The lowest BCUT2D eigenvalue weighted by molar-refractivity contribution is 0.109. The van der Waals surface area contributed by atoms with Crippen molar-refractivity contribution in [2.24, 2.45) is 5.41 Å². The van der Waals surface area contributed by atoms with Crippen LogP contribution in [-0.4, -0.2) is 18.0 Å². The highest BCUT2D eigenvalue weighted by atomic mass is 79.9. The molecule has 2 rings (SSSR count). The van der Waals surface area contributed by atoms with Gasteiger partial charge in [0.15, 0.2) is 0 Å². The predicted molar refractivity (Wildman–Crippen MR) is 81.8 cm³/mol. The van der Waals surface area contributed by atoms with Crippen LogP contribution in [0.25, 0.3) is 0 Å². The Labute approximate surface area is 120 Å². The van der Waals surface area contributed by atoms with Crippen LogP contribution in [0.3, 0.4) is 0 Å². The Bertz CT molecular complexity index is 406. The van der Waals surface area contributed by atoms with E-state index in [1.807, 2.05) is 0 Å². The molecule has 1 fully saturated rings. The number of benzene rings is 1. The monoisotopic (exact) mass is 309 g/mol. The molecule has 18 heavy (non-hydrogen) atoms. The number of halogens is 1. The molecule has 1 heterocycles. The maximum Gasteiger partial charge on any atom is 0.0249 e. The van der Waals surface area contributed by atoms with Crippen molar-refractivity contribution < 1.29 is 0 Å². The summed E-state index contributed by atoms with van der Waals surface area (Å²) in [5.41, 5.74) is 3.35. The minimum absolute atomic E-state index is 0.584. The van der Waals surface area contributed by atoms with E-state index in [4.69, 9.17) is 0 Å². The Morgan fingerprint density at radius 2 is 1.94 bits per heavy atom. The van der Waals surface area contributed by atoms with Gasteiger partial charge in [0.05, 0.1) is 0 Å². The number of rotatable bonds is 3. The first-order valence-electron chi connectivity index (χ1n) is 7.00. The van der Waals surface area contributed by atoms with Crippen molar-refractivity contribution in [2.45, 2.75) is 46.6 Å². The lowest BCUT2D eigenvalue weighted by Crippen LogP contribution is -2.38. The molecule has 0 saturated carbocycles. The van der Waals surface area contributed by atoms with E-state index in [0.717, 1.165) is 6.54 Å². The third kappa shape index (κ3) is 3.16. The van der Waals surface area contributed by atoms with Crippen LogP contribution in [0.4, 0.5) is 0 Å². The average molecular weight is 310 g/mol. The average Bonchev–Trinajstić information content (AvgIpc) is 2.38. The van der Waals surface area contributed by atoms with Crippen LogP contribution in [0.5, 0.6) is 0 Å². The van der Waals surface area contributed by atoms with E-state index in [2.05, 4.69) is 59.8 Å². The molecule has 2 heteroatoms. The van der Waals surface area contributed by atoms with E-state index in [1.165, 1.54) is 48.0 Å². The van der Waals surface area contributed by atoms with Gasteiger partial charge in [0, 0.05) is 11.0 Å². The minimum Gasteiger partial charge on any atom is -0.299 e. The second-order valence-corrected chi connectivity index (χ2v) is 6.78. The summed E-state index contributed by atoms with van der Waals surface area (Å²) in [4.78, 5) is 2.59. The van der Waals surface area contributed by atoms with E-state index >= 15 is 0 Å². The maximum absolute atomic E-state index is 3.72. The normalized spacial score (nSPS) is 20.0. The SMILES string of the molecule is CCC1(C)CCN(Cc2cccc(C)c2Br)CC1. The quantitative estimate of drug-likeness (QED) is 0.777. The molecule has 1 aromatic carbocycles. The van der Waals surface area contributed by atoms with Gasteiger partial charge in [-0.3, -0.25) is 4.90 Å². The van der Waals surface area contributed by atoms with Crippen molar-refractivity contribution in [1.29, 1.82) is 0 Å². The molecule has 0 N–H and O–H groups in total. The molecule has 0 aromatic heterocycles. The van der Waals surface area contributed by atoms with Crippen LogP contribution in [0.2, 0.25) is 0 Å². The smallest absolute Gasteiger partial charge is 0.0249 e. The number of piperidine rings is 1. The zero-order valence-corrected chi connectivity index (χ0v) is 13.4. The van der Waals surface area contributed by atoms with Crippen LogP contribution in [0, 0.1) is 12.3 Å². The summed E-state index contributed by atoms with van der Waals surface area (Å²) in [6, 6.07) is 6.57. The molecule has 0 spiro atoms. The standard InChI is InChI=1S/C16H24BrN/c1-4-16(3)8-10-18(11-9-16)12-14-7-5-6-13(2)15(14)17/h5-7H,4,8-12H2,1-3H3. The van der Waals surface area contributed by atoms with Gasteiger partial charge < -0.3 is 0 Å². The topological polar surface area (TPSA) is 3.24 Å². The Hall–Kier alpha value is -0.340. The first-order chi connectivity index (χ1) is 8.54. The van der Waals surface area contributed by atoms with E-state index in [0.29, 0.717) is 5.41 Å². The fraction of sp³-hybridized carbons (Fsp3) is 0.625. The molecule has 0 amide bonds. The number of hydrogen-bond acceptors (Lipinski definition) is 1. The van der Waals surface area contributed by atoms with Gasteiger partial charge in [-0.1, -0.05) is 54.4 Å². The van der Waals surface area contributed by atoms with Crippen molar-refractivity contribution in [1.82, 2.24) is 4.90 Å². The van der Waals surface area contributed by atoms with E-state index in [1.54, 1.807) is 0 Å². The van der Waals surface area contributed by atoms with Crippen LogP contribution in [0.1, 0.15) is 44.2 Å². The summed E-state index contributed by atoms with van der Waals surface area (Å²) in [5.74, 6) is 0. The Morgan fingerprint density at radius 3 is 2.56 bits per heavy atom. The molecule has 1 aromatic rings. The summed E-state index contributed by atoms with van der Waals surface area (Å²) in [7, 11) is 0. The van der Waals surface area contributed by atoms with Gasteiger partial charge in [-0.25, -0.2) is 0 Å². The Morgan fingerprint density at radius 1 is 1.28 bits per heavy atom. The van der Waals surface area contributed by atoms with Gasteiger partial charge in [-0.15, -0.1) is 0 Å². The van der Waals surface area contributed by atoms with Crippen molar-refractivity contribution >= 4 is 15.9 Å². The van der Waals surface area contributed by atoms with Gasteiger partial charge in [-0.05, 0) is 49.4 Å². The van der Waals surface area contributed by atoms with Crippen LogP contribution in [0.15, 0.2) is 22.7 Å². The summed E-state index contributed by atoms with van der Waals surface area (Å²) in [6.07, 6.45) is 3.99. The first kappa shape index (κ1) is 14.1. The highest BCUT2D eigenvalue weighted by Crippen LogP contribution is 2.34. The zero-order valence-electron chi connectivity index (χ0n) is 11.8. The van der Waals surface area contributed by atoms with Gasteiger partial charge in [-0.2, -0.15) is 0 Å². The molecule has 1 nitrogen and oxygen atoms in total. The molecule has 0 bridgehead atoms. The molecule has 1 aliphatic rings. The lowest BCUT2D eigenvalue weighted by atomic mass is 9.78. The molecular weight excluding hydrogens is 286 g/mol. The number of hydrogen-bond donors (Lipinski definition) is 0. The minimum atomic E-state index is 0.584.